The van der Waals surface area contributed by atoms with Crippen molar-refractivity contribution in [2.45, 2.75) is 19.5 Å². The van der Waals surface area contributed by atoms with Gasteiger partial charge in [0, 0.05) is 23.9 Å². The van der Waals surface area contributed by atoms with Crippen molar-refractivity contribution in [3.8, 4) is 0 Å². The molecule has 2 rings (SSSR count). The van der Waals surface area contributed by atoms with Gasteiger partial charge in [-0.25, -0.2) is 4.98 Å². The van der Waals surface area contributed by atoms with E-state index >= 15 is 0 Å². The Morgan fingerprint density at radius 2 is 1.91 bits per heavy atom. The van der Waals surface area contributed by atoms with Crippen LogP contribution in [0.15, 0.2) is 35.7 Å². The molecule has 0 unspecified atom stereocenters. The molecular weight excluding hydrogens is 312 g/mol. The van der Waals surface area contributed by atoms with Gasteiger partial charge in [-0.15, -0.1) is 11.3 Å². The van der Waals surface area contributed by atoms with Crippen LogP contribution in [0.5, 0.6) is 0 Å². The van der Waals surface area contributed by atoms with E-state index in [4.69, 9.17) is 0 Å². The van der Waals surface area contributed by atoms with Crippen LogP contribution in [0.3, 0.4) is 0 Å². The molecule has 3 N–H and O–H groups in total. The molecular formula is C16H20N4O2S. The van der Waals surface area contributed by atoms with Gasteiger partial charge >= 0.3 is 0 Å². The quantitative estimate of drug-likeness (QED) is 0.680. The summed E-state index contributed by atoms with van der Waals surface area (Å²) >= 11 is 1.47. The van der Waals surface area contributed by atoms with E-state index in [2.05, 4.69) is 20.9 Å². The SMILES string of the molecule is CNCCC(=O)NCc1csc(CNC(=O)c2ccccc2)n1. The van der Waals surface area contributed by atoms with Crippen LogP contribution >= 0.6 is 11.3 Å². The first-order valence-electron chi connectivity index (χ1n) is 7.37. The largest absolute Gasteiger partial charge is 0.350 e. The lowest BCUT2D eigenvalue weighted by Crippen LogP contribution is -2.26. The Kier molecular flexibility index (Phi) is 6.71. The highest BCUT2D eigenvalue weighted by Gasteiger charge is 2.07. The summed E-state index contributed by atoms with van der Waals surface area (Å²) in [6, 6.07) is 9.06. The zero-order valence-corrected chi connectivity index (χ0v) is 13.8. The second kappa shape index (κ2) is 9.02. The number of nitrogens with one attached hydrogen (secondary N) is 3. The Morgan fingerprint density at radius 1 is 1.13 bits per heavy atom. The van der Waals surface area contributed by atoms with Crippen LogP contribution in [0, 0.1) is 0 Å². The van der Waals surface area contributed by atoms with Crippen LogP contribution < -0.4 is 16.0 Å². The van der Waals surface area contributed by atoms with E-state index in [9.17, 15) is 9.59 Å². The number of rotatable bonds is 8. The van der Waals surface area contributed by atoms with Crippen LogP contribution in [-0.4, -0.2) is 30.4 Å². The molecule has 0 aliphatic carbocycles. The Hall–Kier alpha value is -2.25. The lowest BCUT2D eigenvalue weighted by molar-refractivity contribution is -0.121. The average molecular weight is 332 g/mol. The van der Waals surface area contributed by atoms with Gasteiger partial charge in [0.05, 0.1) is 18.8 Å². The summed E-state index contributed by atoms with van der Waals surface area (Å²) < 4.78 is 0. The van der Waals surface area contributed by atoms with Crippen molar-refractivity contribution in [1.82, 2.24) is 20.9 Å². The maximum Gasteiger partial charge on any atom is 0.251 e. The number of aromatic nitrogens is 1. The summed E-state index contributed by atoms with van der Waals surface area (Å²) in [7, 11) is 1.81. The van der Waals surface area contributed by atoms with Gasteiger partial charge < -0.3 is 16.0 Å². The highest BCUT2D eigenvalue weighted by atomic mass is 32.1. The average Bonchev–Trinajstić information content (AvgIpc) is 3.04. The molecule has 0 aliphatic rings. The summed E-state index contributed by atoms with van der Waals surface area (Å²) in [6.45, 7) is 1.44. The molecule has 0 saturated heterocycles. The van der Waals surface area contributed by atoms with Gasteiger partial charge in [0.15, 0.2) is 0 Å². The Balaban J connectivity index is 1.76. The lowest BCUT2D eigenvalue weighted by atomic mass is 10.2. The number of carbonyl (C=O) groups excluding carboxylic acids is 2. The standard InChI is InChI=1S/C16H20N4O2S/c1-17-8-7-14(21)18-9-13-11-23-15(20-13)10-19-16(22)12-5-3-2-4-6-12/h2-6,11,17H,7-10H2,1H3,(H,18,21)(H,19,22). The van der Waals surface area contributed by atoms with Gasteiger partial charge in [-0.3, -0.25) is 9.59 Å². The van der Waals surface area contributed by atoms with Crippen molar-refractivity contribution < 1.29 is 9.59 Å². The molecule has 7 heteroatoms. The maximum absolute atomic E-state index is 11.9. The van der Waals surface area contributed by atoms with E-state index in [1.807, 2.05) is 30.6 Å². The molecule has 0 bridgehead atoms. The maximum atomic E-state index is 11.9. The summed E-state index contributed by atoms with van der Waals surface area (Å²) in [5.41, 5.74) is 1.43. The highest BCUT2D eigenvalue weighted by Crippen LogP contribution is 2.10. The van der Waals surface area contributed by atoms with E-state index in [1.54, 1.807) is 12.1 Å². The Bertz CT molecular complexity index is 643. The molecule has 6 nitrogen and oxygen atoms in total. The summed E-state index contributed by atoms with van der Waals surface area (Å²) in [5, 5.41) is 11.3. The van der Waals surface area contributed by atoms with Crippen LogP contribution in [0.25, 0.3) is 0 Å². The third-order valence-electron chi connectivity index (χ3n) is 3.10. The molecule has 1 heterocycles. The summed E-state index contributed by atoms with van der Waals surface area (Å²) in [6.07, 6.45) is 0.445. The van der Waals surface area contributed by atoms with E-state index in [0.717, 1.165) is 10.7 Å². The third-order valence-corrected chi connectivity index (χ3v) is 4.00. The van der Waals surface area contributed by atoms with Crippen molar-refractivity contribution in [2.75, 3.05) is 13.6 Å². The minimum absolute atomic E-state index is 0.00807. The molecule has 1 aromatic heterocycles. The fraction of sp³-hybridized carbons (Fsp3) is 0.312. The lowest BCUT2D eigenvalue weighted by Gasteiger charge is -2.03. The molecule has 0 fully saturated rings. The second-order valence-corrected chi connectivity index (χ2v) is 5.85. The molecule has 2 aromatic rings. The normalized spacial score (nSPS) is 10.3. The third kappa shape index (κ3) is 5.80. The van der Waals surface area contributed by atoms with Gasteiger partial charge in [-0.2, -0.15) is 0 Å². The van der Waals surface area contributed by atoms with Crippen LogP contribution in [0.1, 0.15) is 27.5 Å². The highest BCUT2D eigenvalue weighted by molar-refractivity contribution is 7.09. The van der Waals surface area contributed by atoms with Crippen LogP contribution in [0.4, 0.5) is 0 Å². The number of nitrogens with zero attached hydrogens (tertiary/aromatic N) is 1. The molecule has 0 aliphatic heterocycles. The van der Waals surface area contributed by atoms with Crippen molar-refractivity contribution in [1.29, 1.82) is 0 Å². The first-order valence-corrected chi connectivity index (χ1v) is 8.25. The Labute approximate surface area is 139 Å². The second-order valence-electron chi connectivity index (χ2n) is 4.91. The molecule has 0 saturated carbocycles. The number of carbonyl (C=O) groups is 2. The van der Waals surface area contributed by atoms with E-state index < -0.39 is 0 Å². The minimum Gasteiger partial charge on any atom is -0.350 e. The number of hydrogen-bond donors (Lipinski definition) is 3. The summed E-state index contributed by atoms with van der Waals surface area (Å²) in [5.74, 6) is -0.131. The van der Waals surface area contributed by atoms with E-state index in [-0.39, 0.29) is 11.8 Å². The van der Waals surface area contributed by atoms with Gasteiger partial charge in [-0.05, 0) is 19.2 Å². The van der Waals surface area contributed by atoms with Gasteiger partial charge in [0.1, 0.15) is 5.01 Å². The molecule has 0 radical (unpaired) electrons. The molecule has 23 heavy (non-hydrogen) atoms. The van der Waals surface area contributed by atoms with Crippen LogP contribution in [-0.2, 0) is 17.9 Å². The monoisotopic (exact) mass is 332 g/mol. The molecule has 1 aromatic carbocycles. The number of hydrogen-bond acceptors (Lipinski definition) is 5. The fourth-order valence-corrected chi connectivity index (χ4v) is 2.61. The fourth-order valence-electron chi connectivity index (χ4n) is 1.87. The number of thiazole rings is 1. The number of amides is 2. The molecule has 0 atom stereocenters. The van der Waals surface area contributed by atoms with Crippen molar-refractivity contribution in [3.05, 3.63) is 52.0 Å². The smallest absolute Gasteiger partial charge is 0.251 e. The first-order chi connectivity index (χ1) is 11.2. The molecule has 2 amide bonds. The molecule has 0 spiro atoms. The minimum atomic E-state index is -0.122. The zero-order chi connectivity index (χ0) is 16.5. The van der Waals surface area contributed by atoms with Crippen LogP contribution in [0.2, 0.25) is 0 Å². The van der Waals surface area contributed by atoms with Gasteiger partial charge in [0.2, 0.25) is 5.91 Å². The van der Waals surface area contributed by atoms with Crippen molar-refractivity contribution in [2.24, 2.45) is 0 Å². The van der Waals surface area contributed by atoms with Crippen molar-refractivity contribution in [3.63, 3.8) is 0 Å². The summed E-state index contributed by atoms with van der Waals surface area (Å²) in [4.78, 5) is 27.9. The topological polar surface area (TPSA) is 83.1 Å². The predicted octanol–water partition coefficient (Wildman–Crippen LogP) is 1.30. The van der Waals surface area contributed by atoms with E-state index in [0.29, 0.717) is 31.6 Å². The van der Waals surface area contributed by atoms with E-state index in [1.165, 1.54) is 11.3 Å². The Morgan fingerprint density at radius 3 is 2.65 bits per heavy atom. The first kappa shape index (κ1) is 17.1. The molecule has 122 valence electrons. The van der Waals surface area contributed by atoms with Gasteiger partial charge in [-0.1, -0.05) is 18.2 Å². The predicted molar refractivity (Wildman–Crippen MR) is 90.1 cm³/mol. The van der Waals surface area contributed by atoms with Gasteiger partial charge in [0.25, 0.3) is 5.91 Å². The number of benzene rings is 1. The zero-order valence-electron chi connectivity index (χ0n) is 13.0. The van der Waals surface area contributed by atoms with Crippen molar-refractivity contribution >= 4 is 23.2 Å².